The maximum absolute atomic E-state index is 3.65. The Hall–Kier alpha value is -0.0200. The molecule has 0 spiro atoms. The largest absolute Gasteiger partial charge is 0.372 e. The molecule has 1 nitrogen and oxygen atoms in total. The van der Waals surface area contributed by atoms with E-state index >= 15 is 0 Å². The number of dihydropyridines is 1. The maximum Gasteiger partial charge on any atom is 0.0835 e. The summed E-state index contributed by atoms with van der Waals surface area (Å²) in [6.07, 6.45) is 2.44. The zero-order valence-corrected chi connectivity index (χ0v) is 11.5. The summed E-state index contributed by atoms with van der Waals surface area (Å²) in [5, 5.41) is 6.24. The van der Waals surface area contributed by atoms with Crippen LogP contribution in [0.25, 0.3) is 0 Å². The molecule has 2 aliphatic rings. The summed E-state index contributed by atoms with van der Waals surface area (Å²) in [6.45, 7) is 9.15. The third kappa shape index (κ3) is 2.23. The first kappa shape index (κ1) is 11.5. The van der Waals surface area contributed by atoms with Crippen LogP contribution in [0.2, 0.25) is 0 Å². The van der Waals surface area contributed by atoms with Gasteiger partial charge in [-0.2, -0.15) is 0 Å². The monoisotopic (exact) mass is 241 g/mol. The van der Waals surface area contributed by atoms with E-state index in [0.29, 0.717) is 17.9 Å². The molecule has 2 aliphatic heterocycles. The lowest BCUT2D eigenvalue weighted by Gasteiger charge is -2.28. The Morgan fingerprint density at radius 2 is 2.00 bits per heavy atom. The van der Waals surface area contributed by atoms with Crippen LogP contribution in [-0.4, -0.2) is 11.1 Å². The lowest BCUT2D eigenvalue weighted by Crippen LogP contribution is -2.34. The molecule has 84 valence electrons. The molecule has 0 fully saturated rings. The van der Waals surface area contributed by atoms with Gasteiger partial charge in [-0.05, 0) is 17.4 Å². The molecule has 1 N–H and O–H groups in total. The second-order valence-electron chi connectivity index (χ2n) is 4.76. The summed E-state index contributed by atoms with van der Waals surface area (Å²) in [7, 11) is 0. The Bertz CT molecular complexity index is 316. The van der Waals surface area contributed by atoms with Crippen molar-refractivity contribution in [2.75, 3.05) is 5.08 Å². The Labute approximate surface area is 101 Å². The van der Waals surface area contributed by atoms with E-state index in [2.05, 4.69) is 39.1 Å². The van der Waals surface area contributed by atoms with Crippen molar-refractivity contribution in [2.45, 2.75) is 33.7 Å². The number of thioether (sulfide) groups is 2. The molecule has 2 rings (SSSR count). The van der Waals surface area contributed by atoms with Gasteiger partial charge in [0.25, 0.3) is 0 Å². The molecule has 3 heteroatoms. The fourth-order valence-electron chi connectivity index (χ4n) is 1.88. The summed E-state index contributed by atoms with van der Waals surface area (Å²) >= 11 is 3.95. The number of nitrogens with one attached hydrogen (secondary N) is 1. The molecule has 0 bridgehead atoms. The third-order valence-electron chi connectivity index (χ3n) is 2.87. The Balaban J connectivity index is 2.29. The van der Waals surface area contributed by atoms with Crippen molar-refractivity contribution in [3.8, 4) is 0 Å². The highest BCUT2D eigenvalue weighted by Crippen LogP contribution is 2.46. The van der Waals surface area contributed by atoms with E-state index in [1.54, 1.807) is 5.57 Å². The summed E-state index contributed by atoms with van der Waals surface area (Å²) in [6, 6.07) is 0.521. The standard InChI is InChI=1S/C12H19NS2/c1-7(2)9-5-10(8(3)4)13-12-11(9)14-6-15-12/h5,7-8,10,13H,6H2,1-4H3. The molecule has 1 atom stereocenters. The minimum Gasteiger partial charge on any atom is -0.372 e. The van der Waals surface area contributed by atoms with Gasteiger partial charge in [-0.1, -0.05) is 45.5 Å². The molecule has 0 aromatic carbocycles. The number of allylic oxidation sites excluding steroid dienone is 1. The summed E-state index contributed by atoms with van der Waals surface area (Å²) in [4.78, 5) is 1.51. The fraction of sp³-hybridized carbons (Fsp3) is 0.667. The molecule has 0 aliphatic carbocycles. The van der Waals surface area contributed by atoms with E-state index < -0.39 is 0 Å². The van der Waals surface area contributed by atoms with E-state index in [-0.39, 0.29) is 0 Å². The van der Waals surface area contributed by atoms with Crippen LogP contribution in [0.3, 0.4) is 0 Å². The van der Waals surface area contributed by atoms with Gasteiger partial charge >= 0.3 is 0 Å². The van der Waals surface area contributed by atoms with Crippen LogP contribution in [-0.2, 0) is 0 Å². The van der Waals surface area contributed by atoms with E-state index in [4.69, 9.17) is 0 Å². The van der Waals surface area contributed by atoms with Gasteiger partial charge in [-0.15, -0.1) is 11.8 Å². The highest BCUT2D eigenvalue weighted by Gasteiger charge is 2.28. The van der Waals surface area contributed by atoms with E-state index in [0.717, 1.165) is 0 Å². The Kier molecular flexibility index (Phi) is 3.41. The van der Waals surface area contributed by atoms with Crippen molar-refractivity contribution < 1.29 is 0 Å². The smallest absolute Gasteiger partial charge is 0.0835 e. The lowest BCUT2D eigenvalue weighted by atomic mass is 9.93. The van der Waals surface area contributed by atoms with Crippen molar-refractivity contribution in [2.24, 2.45) is 11.8 Å². The number of hydrogen-bond acceptors (Lipinski definition) is 3. The first-order valence-corrected chi connectivity index (χ1v) is 7.55. The minimum absolute atomic E-state index is 0.521. The molecule has 0 aromatic heterocycles. The van der Waals surface area contributed by atoms with Gasteiger partial charge in [-0.25, -0.2) is 0 Å². The van der Waals surface area contributed by atoms with Crippen LogP contribution >= 0.6 is 23.5 Å². The molecule has 2 heterocycles. The normalized spacial score (nSPS) is 25.7. The Morgan fingerprint density at radius 3 is 2.60 bits per heavy atom. The van der Waals surface area contributed by atoms with Crippen molar-refractivity contribution >= 4 is 23.5 Å². The van der Waals surface area contributed by atoms with Crippen molar-refractivity contribution in [3.63, 3.8) is 0 Å². The molecule has 0 radical (unpaired) electrons. The predicted octanol–water partition coefficient (Wildman–Crippen LogP) is 3.80. The van der Waals surface area contributed by atoms with Gasteiger partial charge in [0.1, 0.15) is 0 Å². The minimum atomic E-state index is 0.521. The summed E-state index contributed by atoms with van der Waals surface area (Å²) < 4.78 is 0. The molecule has 0 aromatic rings. The van der Waals surface area contributed by atoms with Gasteiger partial charge in [0.2, 0.25) is 0 Å². The van der Waals surface area contributed by atoms with E-state index in [1.165, 1.54) is 15.0 Å². The molecule has 0 saturated carbocycles. The highest BCUT2D eigenvalue weighted by atomic mass is 32.2. The van der Waals surface area contributed by atoms with Gasteiger partial charge in [0, 0.05) is 10.9 Å². The van der Waals surface area contributed by atoms with Crippen molar-refractivity contribution in [3.05, 3.63) is 21.6 Å². The summed E-state index contributed by atoms with van der Waals surface area (Å²) in [5.41, 5.74) is 1.55. The average Bonchev–Trinajstić information content (AvgIpc) is 2.62. The quantitative estimate of drug-likeness (QED) is 0.789. The van der Waals surface area contributed by atoms with Crippen LogP contribution in [0.15, 0.2) is 21.6 Å². The fourth-order valence-corrected chi connectivity index (χ4v) is 4.54. The van der Waals surface area contributed by atoms with Crippen LogP contribution in [0, 0.1) is 11.8 Å². The SMILES string of the molecule is CC(C)C1=CC(C(C)C)NC2=C1SCS2. The maximum atomic E-state index is 3.65. The second-order valence-corrected chi connectivity index (χ2v) is 7.09. The number of rotatable bonds is 2. The third-order valence-corrected chi connectivity index (χ3v) is 5.28. The second kappa shape index (κ2) is 4.46. The first-order chi connectivity index (χ1) is 7.09. The van der Waals surface area contributed by atoms with Crippen molar-refractivity contribution in [1.82, 2.24) is 5.32 Å². The van der Waals surface area contributed by atoms with Gasteiger partial charge in [-0.3, -0.25) is 0 Å². The molecule has 15 heavy (non-hydrogen) atoms. The highest BCUT2D eigenvalue weighted by molar-refractivity contribution is 8.22. The van der Waals surface area contributed by atoms with Gasteiger partial charge in [0.15, 0.2) is 0 Å². The molecule has 0 amide bonds. The number of hydrogen-bond donors (Lipinski definition) is 1. The van der Waals surface area contributed by atoms with Crippen LogP contribution in [0.4, 0.5) is 0 Å². The zero-order valence-electron chi connectivity index (χ0n) is 9.83. The predicted molar refractivity (Wildman–Crippen MR) is 71.8 cm³/mol. The van der Waals surface area contributed by atoms with Gasteiger partial charge < -0.3 is 5.32 Å². The molecular weight excluding hydrogens is 222 g/mol. The van der Waals surface area contributed by atoms with E-state index in [9.17, 15) is 0 Å². The van der Waals surface area contributed by atoms with E-state index in [1.807, 2.05) is 23.5 Å². The average molecular weight is 241 g/mol. The van der Waals surface area contributed by atoms with Crippen molar-refractivity contribution in [1.29, 1.82) is 0 Å². The Morgan fingerprint density at radius 1 is 1.27 bits per heavy atom. The van der Waals surface area contributed by atoms with Crippen LogP contribution in [0.1, 0.15) is 27.7 Å². The van der Waals surface area contributed by atoms with Gasteiger partial charge in [0.05, 0.1) is 10.1 Å². The molecular formula is C12H19NS2. The summed E-state index contributed by atoms with van der Waals surface area (Å²) in [5.74, 6) is 1.31. The lowest BCUT2D eigenvalue weighted by molar-refractivity contribution is 0.500. The first-order valence-electron chi connectivity index (χ1n) is 5.58. The zero-order chi connectivity index (χ0) is 11.0. The van der Waals surface area contributed by atoms with Crippen LogP contribution < -0.4 is 5.32 Å². The molecule has 1 unspecified atom stereocenters. The molecule has 0 saturated heterocycles. The van der Waals surface area contributed by atoms with Crippen LogP contribution in [0.5, 0.6) is 0 Å². The topological polar surface area (TPSA) is 12.0 Å².